The van der Waals surface area contributed by atoms with E-state index in [1.165, 1.54) is 6.07 Å². The van der Waals surface area contributed by atoms with Crippen molar-refractivity contribution in [3.63, 3.8) is 0 Å². The molecule has 0 aliphatic carbocycles. The molecule has 4 rings (SSSR count). The van der Waals surface area contributed by atoms with Crippen LogP contribution in [0.2, 0.25) is 0 Å². The van der Waals surface area contributed by atoms with Crippen LogP contribution in [0.15, 0.2) is 65.4 Å². The Labute approximate surface area is 214 Å². The molecule has 190 valence electrons. The molecule has 0 saturated heterocycles. The lowest BCUT2D eigenvalue weighted by Crippen LogP contribution is -2.18. The number of aromatic nitrogens is 2. The van der Waals surface area contributed by atoms with E-state index in [0.29, 0.717) is 32.2 Å². The summed E-state index contributed by atoms with van der Waals surface area (Å²) >= 11 is 3.11. The second-order valence-corrected chi connectivity index (χ2v) is 8.87. The number of nitrogens with one attached hydrogen (secondary N) is 1. The minimum atomic E-state index is -4.71. The van der Waals surface area contributed by atoms with Gasteiger partial charge in [-0.1, -0.05) is 24.3 Å². The third-order valence-electron chi connectivity index (χ3n) is 5.38. The fraction of sp³-hybridized carbons (Fsp3) is 0.308. The van der Waals surface area contributed by atoms with Gasteiger partial charge in [0.15, 0.2) is 0 Å². The first-order valence-corrected chi connectivity index (χ1v) is 12.3. The van der Waals surface area contributed by atoms with Gasteiger partial charge in [0.1, 0.15) is 12.4 Å². The van der Waals surface area contributed by atoms with E-state index >= 15 is 0 Å². The molecule has 2 heterocycles. The predicted molar refractivity (Wildman–Crippen MR) is 135 cm³/mol. The summed E-state index contributed by atoms with van der Waals surface area (Å²) in [5.41, 5.74) is 1.72. The number of fused-ring (bicyclic) bond motifs is 3. The molecule has 2 aromatic heterocycles. The van der Waals surface area contributed by atoms with Gasteiger partial charge in [-0.3, -0.25) is 4.98 Å². The van der Waals surface area contributed by atoms with E-state index in [4.69, 9.17) is 9.47 Å². The normalized spacial score (nSPS) is 11.8. The van der Waals surface area contributed by atoms with E-state index in [-0.39, 0.29) is 10.2 Å². The summed E-state index contributed by atoms with van der Waals surface area (Å²) in [4.78, 5) is 8.88. The third-order valence-corrected chi connectivity index (χ3v) is 6.00. The Morgan fingerprint density at radius 3 is 2.61 bits per heavy atom. The Morgan fingerprint density at radius 2 is 1.78 bits per heavy atom. The van der Waals surface area contributed by atoms with Crippen molar-refractivity contribution in [2.24, 2.45) is 0 Å². The van der Waals surface area contributed by atoms with Crippen LogP contribution in [0.3, 0.4) is 0 Å². The molecule has 0 fully saturated rings. The van der Waals surface area contributed by atoms with Crippen LogP contribution in [0.1, 0.15) is 18.4 Å². The monoisotopic (exact) mass is 563 g/mol. The average Bonchev–Trinajstić information content (AvgIpc) is 2.86. The molecule has 0 spiro atoms. The van der Waals surface area contributed by atoms with Gasteiger partial charge in [-0.25, -0.2) is 4.98 Å². The van der Waals surface area contributed by atoms with E-state index in [0.717, 1.165) is 46.6 Å². The van der Waals surface area contributed by atoms with Gasteiger partial charge in [0.05, 0.1) is 16.6 Å². The Kier molecular flexibility index (Phi) is 8.95. The molecule has 4 aromatic rings. The largest absolute Gasteiger partial charge is 0.573 e. The summed E-state index contributed by atoms with van der Waals surface area (Å²) in [6.07, 6.45) is 0.619. The number of benzene rings is 2. The number of rotatable bonds is 12. The van der Waals surface area contributed by atoms with E-state index in [1.807, 2.05) is 36.5 Å². The zero-order valence-corrected chi connectivity index (χ0v) is 20.9. The predicted octanol–water partition coefficient (Wildman–Crippen LogP) is 6.41. The van der Waals surface area contributed by atoms with Gasteiger partial charge >= 0.3 is 6.36 Å². The van der Waals surface area contributed by atoms with Crippen LogP contribution < -0.4 is 14.8 Å². The highest BCUT2D eigenvalue weighted by Gasteiger charge is 2.31. The smallest absolute Gasteiger partial charge is 0.475 e. The molecule has 10 heteroatoms. The van der Waals surface area contributed by atoms with Gasteiger partial charge in [0.25, 0.3) is 0 Å². The lowest BCUT2D eigenvalue weighted by atomic mass is 10.1. The highest BCUT2D eigenvalue weighted by molar-refractivity contribution is 9.10. The van der Waals surface area contributed by atoms with Crippen molar-refractivity contribution in [3.8, 4) is 11.6 Å². The fourth-order valence-electron chi connectivity index (χ4n) is 3.72. The SMILES string of the molecule is FC(F)(F)Oc1ccc(CNCCCCOCCOc2nc3ccccc3c3cnccc23)cc1Br. The Morgan fingerprint density at radius 1 is 0.917 bits per heavy atom. The van der Waals surface area contributed by atoms with Gasteiger partial charge in [-0.05, 0) is 65.1 Å². The van der Waals surface area contributed by atoms with Crippen LogP contribution in [0.5, 0.6) is 11.6 Å². The second kappa shape index (κ2) is 12.3. The van der Waals surface area contributed by atoms with E-state index < -0.39 is 6.36 Å². The van der Waals surface area contributed by atoms with Crippen molar-refractivity contribution in [2.45, 2.75) is 25.7 Å². The zero-order valence-electron chi connectivity index (χ0n) is 19.4. The summed E-state index contributed by atoms with van der Waals surface area (Å²) < 4.78 is 52.9. The lowest BCUT2D eigenvalue weighted by molar-refractivity contribution is -0.274. The van der Waals surface area contributed by atoms with Crippen LogP contribution in [-0.4, -0.2) is 42.7 Å². The van der Waals surface area contributed by atoms with Crippen molar-refractivity contribution in [1.29, 1.82) is 0 Å². The summed E-state index contributed by atoms with van der Waals surface area (Å²) in [5, 5.41) is 6.24. The molecule has 0 radical (unpaired) electrons. The Hall–Kier alpha value is -2.95. The van der Waals surface area contributed by atoms with Gasteiger partial charge in [-0.2, -0.15) is 0 Å². The summed E-state index contributed by atoms with van der Waals surface area (Å²) in [5.74, 6) is 0.317. The quantitative estimate of drug-likeness (QED) is 0.159. The first kappa shape index (κ1) is 26.1. The number of halogens is 4. The maximum atomic E-state index is 12.3. The molecule has 1 N–H and O–H groups in total. The molecule has 6 nitrogen and oxygen atoms in total. The van der Waals surface area contributed by atoms with E-state index in [2.05, 4.69) is 36.0 Å². The van der Waals surface area contributed by atoms with Crippen molar-refractivity contribution in [3.05, 3.63) is 71.0 Å². The Balaban J connectivity index is 1.12. The number of hydrogen-bond donors (Lipinski definition) is 1. The van der Waals surface area contributed by atoms with E-state index in [1.54, 1.807) is 18.3 Å². The van der Waals surface area contributed by atoms with Crippen molar-refractivity contribution in [2.75, 3.05) is 26.4 Å². The maximum Gasteiger partial charge on any atom is 0.573 e. The van der Waals surface area contributed by atoms with Gasteiger partial charge in [0, 0.05) is 41.7 Å². The van der Waals surface area contributed by atoms with Crippen molar-refractivity contribution in [1.82, 2.24) is 15.3 Å². The number of ether oxygens (including phenoxy) is 3. The number of unbranched alkanes of at least 4 members (excludes halogenated alkanes) is 1. The van der Waals surface area contributed by atoms with Crippen LogP contribution >= 0.6 is 15.9 Å². The molecule has 0 amide bonds. The summed E-state index contributed by atoms with van der Waals surface area (Å²) in [7, 11) is 0. The molecule has 0 bridgehead atoms. The maximum absolute atomic E-state index is 12.3. The topological polar surface area (TPSA) is 65.5 Å². The highest BCUT2D eigenvalue weighted by Crippen LogP contribution is 2.31. The molecule has 0 aliphatic rings. The number of para-hydroxylation sites is 1. The summed E-state index contributed by atoms with van der Waals surface area (Å²) in [6.45, 7) is 2.76. The van der Waals surface area contributed by atoms with Crippen LogP contribution in [0, 0.1) is 0 Å². The minimum absolute atomic E-state index is 0.256. The molecular formula is C26H25BrF3N3O3. The first-order chi connectivity index (χ1) is 17.4. The fourth-order valence-corrected chi connectivity index (χ4v) is 4.23. The van der Waals surface area contributed by atoms with Gasteiger partial charge < -0.3 is 19.5 Å². The first-order valence-electron chi connectivity index (χ1n) is 11.5. The third kappa shape index (κ3) is 7.28. The molecule has 36 heavy (non-hydrogen) atoms. The highest BCUT2D eigenvalue weighted by atomic mass is 79.9. The van der Waals surface area contributed by atoms with Crippen molar-refractivity contribution < 1.29 is 27.4 Å². The number of pyridine rings is 2. The number of alkyl halides is 3. The molecule has 0 atom stereocenters. The van der Waals surface area contributed by atoms with Gasteiger partial charge in [-0.15, -0.1) is 13.2 Å². The average molecular weight is 564 g/mol. The molecular weight excluding hydrogens is 539 g/mol. The molecule has 0 saturated carbocycles. The minimum Gasteiger partial charge on any atom is -0.475 e. The standard InChI is InChI=1S/C26H25BrF3N3O3/c27-22-15-18(7-8-24(22)36-26(28,29)30)16-31-10-3-4-12-34-13-14-35-25-20-9-11-32-17-21(20)19-5-1-2-6-23(19)33-25/h1-2,5-9,11,15,17,31H,3-4,10,12-14,16H2. The van der Waals surface area contributed by atoms with E-state index in [9.17, 15) is 13.2 Å². The second-order valence-electron chi connectivity index (χ2n) is 8.01. The number of hydrogen-bond acceptors (Lipinski definition) is 6. The number of nitrogens with zero attached hydrogens (tertiary/aromatic N) is 2. The lowest BCUT2D eigenvalue weighted by Gasteiger charge is -2.12. The van der Waals surface area contributed by atoms with Crippen molar-refractivity contribution >= 4 is 37.6 Å². The molecule has 0 aliphatic heterocycles. The van der Waals surface area contributed by atoms with Crippen LogP contribution in [0.4, 0.5) is 13.2 Å². The van der Waals surface area contributed by atoms with Gasteiger partial charge in [0.2, 0.25) is 5.88 Å². The summed E-state index contributed by atoms with van der Waals surface area (Å²) in [6, 6.07) is 14.3. The van der Waals surface area contributed by atoms with Crippen LogP contribution in [-0.2, 0) is 11.3 Å². The zero-order chi connectivity index (χ0) is 25.4. The Bertz CT molecular complexity index is 1300. The molecule has 2 aromatic carbocycles. The van der Waals surface area contributed by atoms with Crippen LogP contribution in [0.25, 0.3) is 21.7 Å². The molecule has 0 unspecified atom stereocenters.